The minimum atomic E-state index is -0.580. The van der Waals surface area contributed by atoms with Crippen LogP contribution < -0.4 is 10.9 Å². The largest absolute Gasteiger partial charge is 0.494 e. The summed E-state index contributed by atoms with van der Waals surface area (Å²) < 4.78 is 16.7. The second-order valence-corrected chi connectivity index (χ2v) is 6.93. The summed E-state index contributed by atoms with van der Waals surface area (Å²) in [5.74, 6) is -0.580. The minimum Gasteiger partial charge on any atom is -0.464 e. The van der Waals surface area contributed by atoms with Crippen LogP contribution in [0.2, 0.25) is 0 Å². The second kappa shape index (κ2) is 5.46. The van der Waals surface area contributed by atoms with Gasteiger partial charge < -0.3 is 19.0 Å². The molecule has 1 N–H and O–H groups in total. The highest BCUT2D eigenvalue weighted by molar-refractivity contribution is 6.62. The van der Waals surface area contributed by atoms with E-state index in [4.69, 9.17) is 9.31 Å². The molecule has 0 saturated carbocycles. The van der Waals surface area contributed by atoms with Crippen molar-refractivity contribution in [3.63, 3.8) is 0 Å². The van der Waals surface area contributed by atoms with Crippen LogP contribution in [0.15, 0.2) is 29.1 Å². The van der Waals surface area contributed by atoms with E-state index in [1.165, 1.54) is 13.2 Å². The maximum atomic E-state index is 12.3. The number of hydrogen-bond donors (Lipinski definition) is 1. The lowest BCUT2D eigenvalue weighted by Crippen LogP contribution is -2.41. The lowest BCUT2D eigenvalue weighted by atomic mass is 9.78. The van der Waals surface area contributed by atoms with E-state index in [1.54, 1.807) is 12.1 Å². The SMILES string of the molecule is COC(=O)c1cc(=O)c2cc(B3OC(C)(C)C(C)(C)O3)ccc2[nH]1. The lowest BCUT2D eigenvalue weighted by Gasteiger charge is -2.32. The number of methoxy groups -OCH3 is 1. The first kappa shape index (κ1) is 16.7. The van der Waals surface area contributed by atoms with E-state index in [2.05, 4.69) is 9.72 Å². The number of fused-ring (bicyclic) bond motifs is 1. The molecule has 7 heteroatoms. The smallest absolute Gasteiger partial charge is 0.464 e. The average molecular weight is 329 g/mol. The highest BCUT2D eigenvalue weighted by atomic mass is 16.7. The molecule has 0 spiro atoms. The summed E-state index contributed by atoms with van der Waals surface area (Å²) in [5.41, 5.74) is 0.281. The number of pyridine rings is 1. The predicted octanol–water partition coefficient (Wildman–Crippen LogP) is 1.61. The Morgan fingerprint density at radius 3 is 2.33 bits per heavy atom. The van der Waals surface area contributed by atoms with Crippen molar-refractivity contribution in [1.29, 1.82) is 0 Å². The first-order chi connectivity index (χ1) is 11.1. The molecule has 6 nitrogen and oxygen atoms in total. The van der Waals surface area contributed by atoms with Crippen LogP contribution in [0.3, 0.4) is 0 Å². The number of esters is 1. The zero-order valence-corrected chi connectivity index (χ0v) is 14.4. The standard InChI is InChI=1S/C17H20BNO5/c1-16(2)17(3,4)24-18(23-16)10-6-7-12-11(8-10)14(20)9-13(19-12)15(21)22-5/h6-9H,1-5H3,(H,19,20). The van der Waals surface area contributed by atoms with Crippen molar-refractivity contribution in [2.75, 3.05) is 7.11 Å². The van der Waals surface area contributed by atoms with Crippen molar-refractivity contribution >= 4 is 29.5 Å². The van der Waals surface area contributed by atoms with Gasteiger partial charge in [0.15, 0.2) is 5.43 Å². The number of carbonyl (C=O) groups excluding carboxylic acids is 1. The third-order valence-corrected chi connectivity index (χ3v) is 4.78. The van der Waals surface area contributed by atoms with E-state index in [0.29, 0.717) is 10.9 Å². The van der Waals surface area contributed by atoms with Gasteiger partial charge in [0, 0.05) is 17.0 Å². The number of H-pyrrole nitrogens is 1. The van der Waals surface area contributed by atoms with Gasteiger partial charge in [-0.15, -0.1) is 0 Å². The number of benzene rings is 1. The topological polar surface area (TPSA) is 77.6 Å². The fraction of sp³-hybridized carbons (Fsp3) is 0.412. The summed E-state index contributed by atoms with van der Waals surface area (Å²) in [6, 6.07) is 6.53. The van der Waals surface area contributed by atoms with Crippen molar-refractivity contribution in [2.45, 2.75) is 38.9 Å². The molecule has 0 atom stereocenters. The molecule has 0 amide bonds. The normalized spacial score (nSPS) is 18.8. The van der Waals surface area contributed by atoms with E-state index in [0.717, 1.165) is 5.46 Å². The Kier molecular flexibility index (Phi) is 3.81. The van der Waals surface area contributed by atoms with E-state index in [1.807, 2.05) is 33.8 Å². The molecule has 1 saturated heterocycles. The fourth-order valence-electron chi connectivity index (χ4n) is 2.61. The Labute approximate surface area is 140 Å². The Balaban J connectivity index is 2.03. The van der Waals surface area contributed by atoms with Crippen LogP contribution in [0, 0.1) is 0 Å². The summed E-state index contributed by atoms with van der Waals surface area (Å²) in [5, 5.41) is 0.467. The number of aromatic amines is 1. The number of hydrogen-bond acceptors (Lipinski definition) is 5. The van der Waals surface area contributed by atoms with Gasteiger partial charge in [0.2, 0.25) is 0 Å². The molecular weight excluding hydrogens is 309 g/mol. The van der Waals surface area contributed by atoms with Crippen molar-refractivity contribution in [2.24, 2.45) is 0 Å². The number of ether oxygens (including phenoxy) is 1. The van der Waals surface area contributed by atoms with Gasteiger partial charge in [0.25, 0.3) is 0 Å². The number of aromatic nitrogens is 1. The summed E-state index contributed by atoms with van der Waals surface area (Å²) in [4.78, 5) is 26.8. The van der Waals surface area contributed by atoms with E-state index in [-0.39, 0.29) is 11.1 Å². The molecular formula is C17H20BNO5. The zero-order chi connectivity index (χ0) is 17.7. The molecule has 2 heterocycles. The van der Waals surface area contributed by atoms with Crippen LogP contribution in [-0.2, 0) is 14.0 Å². The van der Waals surface area contributed by atoms with Gasteiger partial charge in [0.05, 0.1) is 18.3 Å². The molecule has 24 heavy (non-hydrogen) atoms. The molecule has 0 unspecified atom stereocenters. The van der Waals surface area contributed by atoms with Crippen molar-refractivity contribution < 1.29 is 18.8 Å². The molecule has 1 aromatic heterocycles. The first-order valence-electron chi connectivity index (χ1n) is 7.75. The highest BCUT2D eigenvalue weighted by Crippen LogP contribution is 2.36. The quantitative estimate of drug-likeness (QED) is 0.669. The Hall–Kier alpha value is -2.12. The molecule has 0 radical (unpaired) electrons. The fourth-order valence-corrected chi connectivity index (χ4v) is 2.61. The van der Waals surface area contributed by atoms with Gasteiger partial charge in [-0.05, 0) is 45.3 Å². The van der Waals surface area contributed by atoms with E-state index in [9.17, 15) is 9.59 Å². The van der Waals surface area contributed by atoms with Crippen LogP contribution in [-0.4, -0.2) is 36.4 Å². The van der Waals surface area contributed by atoms with E-state index >= 15 is 0 Å². The third-order valence-electron chi connectivity index (χ3n) is 4.78. The van der Waals surface area contributed by atoms with Crippen molar-refractivity contribution in [3.8, 4) is 0 Å². The van der Waals surface area contributed by atoms with Crippen molar-refractivity contribution in [3.05, 3.63) is 40.2 Å². The van der Waals surface area contributed by atoms with Crippen LogP contribution in [0.4, 0.5) is 0 Å². The Morgan fingerprint density at radius 1 is 1.12 bits per heavy atom. The summed E-state index contributed by atoms with van der Waals surface area (Å²) >= 11 is 0. The Morgan fingerprint density at radius 2 is 1.75 bits per heavy atom. The summed E-state index contributed by atoms with van der Waals surface area (Å²) in [7, 11) is 0.728. The second-order valence-electron chi connectivity index (χ2n) is 6.93. The molecule has 1 aromatic carbocycles. The van der Waals surface area contributed by atoms with Gasteiger partial charge in [-0.2, -0.15) is 0 Å². The molecule has 2 aromatic rings. The maximum absolute atomic E-state index is 12.3. The molecule has 3 rings (SSSR count). The zero-order valence-electron chi connectivity index (χ0n) is 14.4. The van der Waals surface area contributed by atoms with Gasteiger partial charge in [-0.1, -0.05) is 6.07 Å². The molecule has 0 aliphatic carbocycles. The van der Waals surface area contributed by atoms with Crippen LogP contribution in [0.5, 0.6) is 0 Å². The maximum Gasteiger partial charge on any atom is 0.494 e. The molecule has 1 aliphatic heterocycles. The summed E-state index contributed by atoms with van der Waals surface area (Å²) in [6.45, 7) is 7.90. The van der Waals surface area contributed by atoms with Gasteiger partial charge in [-0.3, -0.25) is 4.79 Å². The van der Waals surface area contributed by atoms with Crippen LogP contribution >= 0.6 is 0 Å². The van der Waals surface area contributed by atoms with Crippen LogP contribution in [0.25, 0.3) is 10.9 Å². The van der Waals surface area contributed by atoms with Crippen LogP contribution in [0.1, 0.15) is 38.2 Å². The third kappa shape index (κ3) is 2.63. The molecule has 126 valence electrons. The molecule has 0 bridgehead atoms. The molecule has 1 aliphatic rings. The minimum absolute atomic E-state index is 0.124. The number of rotatable bonds is 2. The average Bonchev–Trinajstić information content (AvgIpc) is 2.74. The monoisotopic (exact) mass is 329 g/mol. The number of carbonyl (C=O) groups is 1. The highest BCUT2D eigenvalue weighted by Gasteiger charge is 2.51. The lowest BCUT2D eigenvalue weighted by molar-refractivity contribution is 0.00578. The first-order valence-corrected chi connectivity index (χ1v) is 7.75. The van der Waals surface area contributed by atoms with Crippen molar-refractivity contribution in [1.82, 2.24) is 4.98 Å². The summed E-state index contributed by atoms with van der Waals surface area (Å²) in [6.07, 6.45) is 0. The van der Waals surface area contributed by atoms with Gasteiger partial charge in [0.1, 0.15) is 5.69 Å². The number of nitrogens with one attached hydrogen (secondary N) is 1. The Bertz CT molecular complexity index is 855. The van der Waals surface area contributed by atoms with Gasteiger partial charge >= 0.3 is 13.1 Å². The van der Waals surface area contributed by atoms with Gasteiger partial charge in [-0.25, -0.2) is 4.79 Å². The predicted molar refractivity (Wildman–Crippen MR) is 91.6 cm³/mol. The van der Waals surface area contributed by atoms with E-state index < -0.39 is 24.3 Å². The molecule has 1 fully saturated rings.